The topological polar surface area (TPSA) is 21.3 Å². The standard InChI is InChI=1S/C18H31NO/c1-4-16(2)17(3)19-13-8-9-14-20-15-12-18-10-6-5-7-11-18/h5-7,10-11,16-17,19H,4,8-9,12-15H2,1-3H3/t16-,17-/m1/s1. The minimum absolute atomic E-state index is 0.624. The molecular weight excluding hydrogens is 246 g/mol. The molecule has 0 heterocycles. The van der Waals surface area contributed by atoms with Crippen molar-refractivity contribution in [2.24, 2.45) is 5.92 Å². The first-order valence-corrected chi connectivity index (χ1v) is 8.09. The third kappa shape index (κ3) is 7.66. The fraction of sp³-hybridized carbons (Fsp3) is 0.667. The molecule has 0 amide bonds. The molecule has 1 rings (SSSR count). The highest BCUT2D eigenvalue weighted by molar-refractivity contribution is 5.14. The van der Waals surface area contributed by atoms with Crippen molar-refractivity contribution in [2.45, 2.75) is 52.5 Å². The molecule has 114 valence electrons. The van der Waals surface area contributed by atoms with Crippen molar-refractivity contribution in [1.82, 2.24) is 5.32 Å². The fourth-order valence-corrected chi connectivity index (χ4v) is 2.15. The molecule has 2 nitrogen and oxygen atoms in total. The number of ether oxygens (including phenoxy) is 1. The highest BCUT2D eigenvalue weighted by atomic mass is 16.5. The molecule has 0 radical (unpaired) electrons. The SMILES string of the molecule is CC[C@@H](C)[C@@H](C)NCCCCOCCc1ccccc1. The second-order valence-corrected chi connectivity index (χ2v) is 5.68. The van der Waals surface area contributed by atoms with E-state index in [1.54, 1.807) is 0 Å². The van der Waals surface area contributed by atoms with Gasteiger partial charge in [0.25, 0.3) is 0 Å². The van der Waals surface area contributed by atoms with E-state index < -0.39 is 0 Å². The van der Waals surface area contributed by atoms with E-state index in [0.717, 1.165) is 38.5 Å². The maximum Gasteiger partial charge on any atom is 0.0506 e. The van der Waals surface area contributed by atoms with Crippen LogP contribution in [0.3, 0.4) is 0 Å². The van der Waals surface area contributed by atoms with Crippen LogP contribution < -0.4 is 5.32 Å². The van der Waals surface area contributed by atoms with Gasteiger partial charge in [0.05, 0.1) is 6.61 Å². The van der Waals surface area contributed by atoms with Gasteiger partial charge in [0, 0.05) is 12.6 Å². The van der Waals surface area contributed by atoms with Crippen molar-refractivity contribution in [3.05, 3.63) is 35.9 Å². The average molecular weight is 277 g/mol. The highest BCUT2D eigenvalue weighted by Gasteiger charge is 2.07. The van der Waals surface area contributed by atoms with Gasteiger partial charge in [0.1, 0.15) is 0 Å². The molecule has 0 saturated heterocycles. The van der Waals surface area contributed by atoms with Gasteiger partial charge in [-0.2, -0.15) is 0 Å². The number of unbranched alkanes of at least 4 members (excludes halogenated alkanes) is 1. The van der Waals surface area contributed by atoms with Gasteiger partial charge in [-0.25, -0.2) is 0 Å². The number of hydrogen-bond acceptors (Lipinski definition) is 2. The van der Waals surface area contributed by atoms with Gasteiger partial charge in [0.2, 0.25) is 0 Å². The van der Waals surface area contributed by atoms with Gasteiger partial charge >= 0.3 is 0 Å². The molecule has 1 aromatic rings. The van der Waals surface area contributed by atoms with Crippen molar-refractivity contribution >= 4 is 0 Å². The zero-order valence-electron chi connectivity index (χ0n) is 13.4. The largest absolute Gasteiger partial charge is 0.381 e. The van der Waals surface area contributed by atoms with Gasteiger partial charge in [0.15, 0.2) is 0 Å². The fourth-order valence-electron chi connectivity index (χ4n) is 2.15. The van der Waals surface area contributed by atoms with E-state index in [2.05, 4.69) is 56.4 Å². The Morgan fingerprint density at radius 1 is 1.05 bits per heavy atom. The second-order valence-electron chi connectivity index (χ2n) is 5.68. The maximum absolute atomic E-state index is 5.69. The van der Waals surface area contributed by atoms with E-state index in [0.29, 0.717) is 6.04 Å². The molecule has 1 aromatic carbocycles. The zero-order valence-corrected chi connectivity index (χ0v) is 13.4. The number of hydrogen-bond donors (Lipinski definition) is 1. The molecule has 0 unspecified atom stereocenters. The van der Waals surface area contributed by atoms with Crippen LogP contribution in [-0.2, 0) is 11.2 Å². The Morgan fingerprint density at radius 2 is 1.80 bits per heavy atom. The van der Waals surface area contributed by atoms with E-state index in [-0.39, 0.29) is 0 Å². The third-order valence-corrected chi connectivity index (χ3v) is 4.06. The molecule has 0 aromatic heterocycles. The average Bonchev–Trinajstić information content (AvgIpc) is 2.49. The predicted molar refractivity (Wildman–Crippen MR) is 87.1 cm³/mol. The maximum atomic E-state index is 5.69. The van der Waals surface area contributed by atoms with Crippen LogP contribution in [-0.4, -0.2) is 25.8 Å². The van der Waals surface area contributed by atoms with Crippen LogP contribution in [0.2, 0.25) is 0 Å². The summed E-state index contributed by atoms with van der Waals surface area (Å²) in [6, 6.07) is 11.2. The Bertz CT molecular complexity index is 325. The minimum Gasteiger partial charge on any atom is -0.381 e. The van der Waals surface area contributed by atoms with Crippen molar-refractivity contribution in [2.75, 3.05) is 19.8 Å². The molecule has 0 aliphatic carbocycles. The number of nitrogens with one attached hydrogen (secondary N) is 1. The Labute approximate surface area is 124 Å². The van der Waals surface area contributed by atoms with Crippen LogP contribution in [0.15, 0.2) is 30.3 Å². The van der Waals surface area contributed by atoms with Crippen LogP contribution in [0.1, 0.15) is 45.6 Å². The first-order valence-electron chi connectivity index (χ1n) is 8.09. The van der Waals surface area contributed by atoms with E-state index in [9.17, 15) is 0 Å². The van der Waals surface area contributed by atoms with Gasteiger partial charge in [-0.3, -0.25) is 0 Å². The minimum atomic E-state index is 0.624. The first-order chi connectivity index (χ1) is 9.74. The summed E-state index contributed by atoms with van der Waals surface area (Å²) >= 11 is 0. The lowest BCUT2D eigenvalue weighted by molar-refractivity contribution is 0.133. The van der Waals surface area contributed by atoms with Gasteiger partial charge in [-0.05, 0) is 44.2 Å². The van der Waals surface area contributed by atoms with Crippen molar-refractivity contribution in [1.29, 1.82) is 0 Å². The summed E-state index contributed by atoms with van der Waals surface area (Å²) in [6.07, 6.45) is 4.61. The summed E-state index contributed by atoms with van der Waals surface area (Å²) in [5.41, 5.74) is 1.36. The van der Waals surface area contributed by atoms with Crippen LogP contribution in [0.4, 0.5) is 0 Å². The molecule has 1 N–H and O–H groups in total. The molecule has 0 saturated carbocycles. The Balaban J connectivity index is 1.90. The lowest BCUT2D eigenvalue weighted by atomic mass is 10.0. The summed E-state index contributed by atoms with van der Waals surface area (Å²) in [6.45, 7) is 9.67. The summed E-state index contributed by atoms with van der Waals surface area (Å²) in [7, 11) is 0. The van der Waals surface area contributed by atoms with Crippen molar-refractivity contribution < 1.29 is 4.74 Å². The molecule has 0 bridgehead atoms. The molecule has 0 fully saturated rings. The highest BCUT2D eigenvalue weighted by Crippen LogP contribution is 2.06. The lowest BCUT2D eigenvalue weighted by Crippen LogP contribution is -2.32. The van der Waals surface area contributed by atoms with Crippen LogP contribution in [0, 0.1) is 5.92 Å². The molecule has 0 aliphatic rings. The van der Waals surface area contributed by atoms with Gasteiger partial charge < -0.3 is 10.1 Å². The van der Waals surface area contributed by atoms with E-state index in [1.165, 1.54) is 18.4 Å². The zero-order chi connectivity index (χ0) is 14.6. The van der Waals surface area contributed by atoms with E-state index >= 15 is 0 Å². The molecule has 2 heteroatoms. The Hall–Kier alpha value is -0.860. The van der Waals surface area contributed by atoms with Gasteiger partial charge in [-0.1, -0.05) is 50.6 Å². The summed E-state index contributed by atoms with van der Waals surface area (Å²) in [4.78, 5) is 0. The third-order valence-electron chi connectivity index (χ3n) is 4.06. The predicted octanol–water partition coefficient (Wildman–Crippen LogP) is 4.05. The summed E-state index contributed by atoms with van der Waals surface area (Å²) in [5, 5.41) is 3.59. The molecule has 0 aliphatic heterocycles. The lowest BCUT2D eigenvalue weighted by Gasteiger charge is -2.19. The number of rotatable bonds is 11. The van der Waals surface area contributed by atoms with Crippen molar-refractivity contribution in [3.8, 4) is 0 Å². The Kier molecular flexibility index (Phi) is 9.35. The molecule has 0 spiro atoms. The molecule has 20 heavy (non-hydrogen) atoms. The number of benzene rings is 1. The van der Waals surface area contributed by atoms with Crippen LogP contribution in [0.5, 0.6) is 0 Å². The summed E-state index contributed by atoms with van der Waals surface area (Å²) in [5.74, 6) is 0.761. The summed E-state index contributed by atoms with van der Waals surface area (Å²) < 4.78 is 5.69. The quantitative estimate of drug-likeness (QED) is 0.616. The van der Waals surface area contributed by atoms with Crippen LogP contribution >= 0.6 is 0 Å². The van der Waals surface area contributed by atoms with Crippen molar-refractivity contribution in [3.63, 3.8) is 0 Å². The van der Waals surface area contributed by atoms with E-state index in [1.807, 2.05) is 0 Å². The smallest absolute Gasteiger partial charge is 0.0506 e. The first kappa shape index (κ1) is 17.2. The Morgan fingerprint density at radius 3 is 2.50 bits per heavy atom. The molecule has 2 atom stereocenters. The molecular formula is C18H31NO. The van der Waals surface area contributed by atoms with Crippen LogP contribution in [0.25, 0.3) is 0 Å². The normalized spacial score (nSPS) is 14.2. The van der Waals surface area contributed by atoms with Gasteiger partial charge in [-0.15, -0.1) is 0 Å². The monoisotopic (exact) mass is 277 g/mol. The second kappa shape index (κ2) is 10.9. The van der Waals surface area contributed by atoms with E-state index in [4.69, 9.17) is 4.74 Å².